The normalized spacial score (nSPS) is 16.5. The van der Waals surface area contributed by atoms with Gasteiger partial charge in [0.2, 0.25) is 5.91 Å². The van der Waals surface area contributed by atoms with Crippen LogP contribution in [0.1, 0.15) is 18.2 Å². The number of halogens is 1. The molecule has 1 fully saturated rings. The molecule has 2 heterocycles. The summed E-state index contributed by atoms with van der Waals surface area (Å²) in [5, 5.41) is 4.67. The fourth-order valence-electron chi connectivity index (χ4n) is 3.26. The van der Waals surface area contributed by atoms with E-state index in [1.54, 1.807) is 49.5 Å². The topological polar surface area (TPSA) is 77.7 Å². The third kappa shape index (κ3) is 3.41. The standard InChI is InChI=1S/C20H18ClN3O4/c1-26-15-6-7-17(27-2)16(10-15)24-11-13(9-18(24)25)19-22-20(28-23-19)12-4-3-5-14(21)8-12/h3-8,10,13H,9,11H2,1-2H3. The molecule has 0 N–H and O–H groups in total. The van der Waals surface area contributed by atoms with E-state index < -0.39 is 0 Å². The monoisotopic (exact) mass is 399 g/mol. The summed E-state index contributed by atoms with van der Waals surface area (Å²) in [4.78, 5) is 18.8. The van der Waals surface area contributed by atoms with Gasteiger partial charge in [0.15, 0.2) is 5.82 Å². The highest BCUT2D eigenvalue weighted by molar-refractivity contribution is 6.30. The van der Waals surface area contributed by atoms with Gasteiger partial charge < -0.3 is 18.9 Å². The van der Waals surface area contributed by atoms with Crippen LogP contribution in [0.2, 0.25) is 5.02 Å². The SMILES string of the molecule is COc1ccc(OC)c(N2CC(c3noc(-c4cccc(Cl)c4)n3)CC2=O)c1. The van der Waals surface area contributed by atoms with Crippen molar-refractivity contribution < 1.29 is 18.8 Å². The number of hydrogen-bond donors (Lipinski definition) is 0. The molecule has 1 aliphatic rings. The summed E-state index contributed by atoms with van der Waals surface area (Å²) < 4.78 is 16.1. The summed E-state index contributed by atoms with van der Waals surface area (Å²) in [6.45, 7) is 0.427. The van der Waals surface area contributed by atoms with Crippen LogP contribution < -0.4 is 14.4 Å². The Morgan fingerprint density at radius 1 is 1.18 bits per heavy atom. The van der Waals surface area contributed by atoms with E-state index in [0.717, 1.165) is 5.56 Å². The van der Waals surface area contributed by atoms with Gasteiger partial charge in [-0.25, -0.2) is 0 Å². The van der Waals surface area contributed by atoms with Crippen molar-refractivity contribution in [3.63, 3.8) is 0 Å². The predicted octanol–water partition coefficient (Wildman–Crippen LogP) is 3.93. The van der Waals surface area contributed by atoms with E-state index in [4.69, 9.17) is 25.6 Å². The molecule has 3 aromatic rings. The molecule has 4 rings (SSSR count). The van der Waals surface area contributed by atoms with Crippen molar-refractivity contribution in [2.45, 2.75) is 12.3 Å². The van der Waals surface area contributed by atoms with E-state index in [1.807, 2.05) is 12.1 Å². The number of methoxy groups -OCH3 is 2. The Bertz CT molecular complexity index is 1020. The van der Waals surface area contributed by atoms with Gasteiger partial charge in [-0.2, -0.15) is 4.98 Å². The molecule has 0 bridgehead atoms. The molecule has 1 atom stereocenters. The minimum atomic E-state index is -0.180. The van der Waals surface area contributed by atoms with E-state index in [1.165, 1.54) is 0 Å². The number of benzene rings is 2. The lowest BCUT2D eigenvalue weighted by Gasteiger charge is -2.20. The summed E-state index contributed by atoms with van der Waals surface area (Å²) in [5.41, 5.74) is 1.40. The van der Waals surface area contributed by atoms with Gasteiger partial charge in [0, 0.05) is 35.5 Å². The second-order valence-corrected chi connectivity index (χ2v) is 6.85. The number of nitrogens with zero attached hydrogens (tertiary/aromatic N) is 3. The molecule has 8 heteroatoms. The van der Waals surface area contributed by atoms with Crippen molar-refractivity contribution in [3.05, 3.63) is 53.3 Å². The summed E-state index contributed by atoms with van der Waals surface area (Å²) >= 11 is 6.02. The molecule has 0 radical (unpaired) electrons. The average Bonchev–Trinajstić information content (AvgIpc) is 3.34. The largest absolute Gasteiger partial charge is 0.497 e. The van der Waals surface area contributed by atoms with Crippen LogP contribution in [-0.4, -0.2) is 36.8 Å². The maximum atomic E-state index is 12.7. The maximum Gasteiger partial charge on any atom is 0.257 e. The third-order valence-corrected chi connectivity index (χ3v) is 4.92. The van der Waals surface area contributed by atoms with Crippen molar-refractivity contribution in [1.82, 2.24) is 10.1 Å². The lowest BCUT2D eigenvalue weighted by molar-refractivity contribution is -0.117. The Hall–Kier alpha value is -3.06. The van der Waals surface area contributed by atoms with Crippen LogP contribution in [0, 0.1) is 0 Å². The highest BCUT2D eigenvalue weighted by atomic mass is 35.5. The molecule has 1 aromatic heterocycles. The number of anilines is 1. The molecular formula is C20H18ClN3O4. The van der Waals surface area contributed by atoms with Crippen LogP contribution in [0.3, 0.4) is 0 Å². The van der Waals surface area contributed by atoms with Gasteiger partial charge in [-0.1, -0.05) is 22.8 Å². The van der Waals surface area contributed by atoms with Crippen LogP contribution >= 0.6 is 11.6 Å². The van der Waals surface area contributed by atoms with E-state index in [2.05, 4.69) is 10.1 Å². The Balaban J connectivity index is 1.59. The van der Waals surface area contributed by atoms with Gasteiger partial charge in [-0.15, -0.1) is 0 Å². The molecule has 1 amide bonds. The first kappa shape index (κ1) is 18.3. The molecule has 0 saturated carbocycles. The quantitative estimate of drug-likeness (QED) is 0.647. The van der Waals surface area contributed by atoms with E-state index >= 15 is 0 Å². The van der Waals surface area contributed by atoms with Gasteiger partial charge in [0.1, 0.15) is 11.5 Å². The molecule has 1 saturated heterocycles. The highest BCUT2D eigenvalue weighted by Crippen LogP contribution is 2.38. The van der Waals surface area contributed by atoms with Gasteiger partial charge in [-0.05, 0) is 30.3 Å². The lowest BCUT2D eigenvalue weighted by atomic mass is 10.1. The Morgan fingerprint density at radius 3 is 2.79 bits per heavy atom. The number of aromatic nitrogens is 2. The molecular weight excluding hydrogens is 382 g/mol. The van der Waals surface area contributed by atoms with Gasteiger partial charge in [0.25, 0.3) is 5.89 Å². The number of carbonyl (C=O) groups excluding carboxylic acids is 1. The number of carbonyl (C=O) groups is 1. The zero-order valence-electron chi connectivity index (χ0n) is 15.4. The van der Waals surface area contributed by atoms with Crippen molar-refractivity contribution in [2.75, 3.05) is 25.7 Å². The Morgan fingerprint density at radius 2 is 2.04 bits per heavy atom. The number of ether oxygens (including phenoxy) is 2. The average molecular weight is 400 g/mol. The first-order chi connectivity index (χ1) is 13.6. The Labute approximate surface area is 166 Å². The zero-order valence-corrected chi connectivity index (χ0v) is 16.1. The van der Waals surface area contributed by atoms with Gasteiger partial charge in [0.05, 0.1) is 19.9 Å². The fraction of sp³-hybridized carbons (Fsp3) is 0.250. The number of amides is 1. The fourth-order valence-corrected chi connectivity index (χ4v) is 3.45. The summed E-state index contributed by atoms with van der Waals surface area (Å²) in [5.74, 6) is 1.90. The summed E-state index contributed by atoms with van der Waals surface area (Å²) in [6.07, 6.45) is 0.287. The van der Waals surface area contributed by atoms with E-state index in [0.29, 0.717) is 40.5 Å². The zero-order chi connectivity index (χ0) is 19.7. The van der Waals surface area contributed by atoms with Gasteiger partial charge >= 0.3 is 0 Å². The summed E-state index contributed by atoms with van der Waals surface area (Å²) in [7, 11) is 3.15. The van der Waals surface area contributed by atoms with E-state index in [9.17, 15) is 4.79 Å². The second-order valence-electron chi connectivity index (χ2n) is 6.41. The molecule has 28 heavy (non-hydrogen) atoms. The number of rotatable bonds is 5. The first-order valence-electron chi connectivity index (χ1n) is 8.71. The number of hydrogen-bond acceptors (Lipinski definition) is 6. The van der Waals surface area contributed by atoms with Crippen LogP contribution in [0.5, 0.6) is 11.5 Å². The first-order valence-corrected chi connectivity index (χ1v) is 9.08. The molecule has 0 spiro atoms. The molecule has 144 valence electrons. The molecule has 0 aliphatic carbocycles. The highest BCUT2D eigenvalue weighted by Gasteiger charge is 2.36. The molecule has 2 aromatic carbocycles. The minimum absolute atomic E-state index is 0.0364. The smallest absolute Gasteiger partial charge is 0.257 e. The maximum absolute atomic E-state index is 12.7. The summed E-state index contributed by atoms with van der Waals surface area (Å²) in [6, 6.07) is 12.5. The van der Waals surface area contributed by atoms with Crippen LogP contribution in [0.4, 0.5) is 5.69 Å². The van der Waals surface area contributed by atoms with Crippen molar-refractivity contribution in [3.8, 4) is 23.0 Å². The predicted molar refractivity (Wildman–Crippen MR) is 104 cm³/mol. The Kier molecular flexibility index (Phi) is 4.92. The molecule has 7 nitrogen and oxygen atoms in total. The van der Waals surface area contributed by atoms with E-state index in [-0.39, 0.29) is 18.2 Å². The molecule has 1 unspecified atom stereocenters. The van der Waals surface area contributed by atoms with Crippen LogP contribution in [0.25, 0.3) is 11.5 Å². The van der Waals surface area contributed by atoms with Crippen LogP contribution in [-0.2, 0) is 4.79 Å². The van der Waals surface area contributed by atoms with Crippen molar-refractivity contribution in [1.29, 1.82) is 0 Å². The minimum Gasteiger partial charge on any atom is -0.497 e. The van der Waals surface area contributed by atoms with Crippen molar-refractivity contribution in [2.24, 2.45) is 0 Å². The lowest BCUT2D eigenvalue weighted by Crippen LogP contribution is -2.25. The van der Waals surface area contributed by atoms with Crippen LogP contribution in [0.15, 0.2) is 47.0 Å². The molecule has 1 aliphatic heterocycles. The van der Waals surface area contributed by atoms with Gasteiger partial charge in [-0.3, -0.25) is 4.79 Å². The third-order valence-electron chi connectivity index (χ3n) is 4.68. The van der Waals surface area contributed by atoms with Crippen molar-refractivity contribution >= 4 is 23.2 Å². The second kappa shape index (κ2) is 7.52.